The second-order valence-corrected chi connectivity index (χ2v) is 9.13. The van der Waals surface area contributed by atoms with Crippen LogP contribution in [0.1, 0.15) is 24.0 Å². The number of anilines is 1. The molecule has 1 atom stereocenters. The number of aliphatic hydroxyl groups is 1. The zero-order chi connectivity index (χ0) is 25.4. The number of halogens is 5. The van der Waals surface area contributed by atoms with E-state index < -0.39 is 23.4 Å². The molecule has 0 spiro atoms. The topological polar surface area (TPSA) is 41.3 Å². The van der Waals surface area contributed by atoms with Gasteiger partial charge in [-0.3, -0.25) is 4.68 Å². The molecule has 3 aromatic carbocycles. The number of piperidine rings is 1. The highest BCUT2D eigenvalue weighted by molar-refractivity contribution is 5.95. The van der Waals surface area contributed by atoms with Crippen LogP contribution in [0.5, 0.6) is 0 Å². The summed E-state index contributed by atoms with van der Waals surface area (Å²) in [7, 11) is 0. The van der Waals surface area contributed by atoms with Crippen LogP contribution in [0, 0.1) is 17.6 Å². The Morgan fingerprint density at radius 2 is 1.78 bits per heavy atom. The molecule has 1 aliphatic heterocycles. The fraction of sp³-hybridized carbons (Fsp3) is 0.296. The van der Waals surface area contributed by atoms with Crippen molar-refractivity contribution in [3.8, 4) is 11.3 Å². The second-order valence-electron chi connectivity index (χ2n) is 9.13. The molecule has 0 bridgehead atoms. The first-order chi connectivity index (χ1) is 17.2. The minimum Gasteiger partial charge on any atom is -0.396 e. The smallest absolute Gasteiger partial charge is 0.396 e. The summed E-state index contributed by atoms with van der Waals surface area (Å²) in [5, 5.41) is 14.1. The van der Waals surface area contributed by atoms with Crippen LogP contribution in [0.15, 0.2) is 60.7 Å². The Hall–Kier alpha value is -3.46. The molecule has 2 heterocycles. The molecule has 1 N–H and O–H groups in total. The van der Waals surface area contributed by atoms with Gasteiger partial charge in [-0.25, -0.2) is 8.78 Å². The number of nitrogens with zero attached hydrogens (tertiary/aromatic N) is 3. The lowest BCUT2D eigenvalue weighted by molar-refractivity contribution is -0.136. The minimum absolute atomic E-state index is 0.110. The fourth-order valence-corrected chi connectivity index (χ4v) is 4.89. The Bertz CT molecular complexity index is 1380. The quantitative estimate of drug-likeness (QED) is 0.329. The van der Waals surface area contributed by atoms with E-state index in [1.165, 1.54) is 16.8 Å². The van der Waals surface area contributed by atoms with Gasteiger partial charge in [-0.1, -0.05) is 30.3 Å². The number of rotatable bonds is 5. The molecule has 9 heteroatoms. The predicted octanol–water partition coefficient (Wildman–Crippen LogP) is 6.26. The van der Waals surface area contributed by atoms with Gasteiger partial charge in [0.1, 0.15) is 17.2 Å². The van der Waals surface area contributed by atoms with E-state index in [9.17, 15) is 27.1 Å². The van der Waals surface area contributed by atoms with Crippen molar-refractivity contribution in [3.63, 3.8) is 0 Å². The largest absolute Gasteiger partial charge is 0.418 e. The molecular formula is C27H24F5N3O. The molecule has 0 amide bonds. The van der Waals surface area contributed by atoms with E-state index in [4.69, 9.17) is 0 Å². The van der Waals surface area contributed by atoms with Crippen LogP contribution in [0.2, 0.25) is 0 Å². The molecule has 188 valence electrons. The number of aliphatic hydroxyl groups excluding tert-OH is 1. The monoisotopic (exact) mass is 501 g/mol. The minimum atomic E-state index is -4.61. The van der Waals surface area contributed by atoms with Crippen molar-refractivity contribution in [1.29, 1.82) is 0 Å². The van der Waals surface area contributed by atoms with Gasteiger partial charge in [-0.15, -0.1) is 0 Å². The highest BCUT2D eigenvalue weighted by atomic mass is 19.4. The molecule has 4 aromatic rings. The van der Waals surface area contributed by atoms with Crippen molar-refractivity contribution in [2.45, 2.75) is 25.6 Å². The highest BCUT2D eigenvalue weighted by Gasteiger charge is 2.34. The second kappa shape index (κ2) is 9.54. The summed E-state index contributed by atoms with van der Waals surface area (Å²) in [6.07, 6.45) is -2.68. The van der Waals surface area contributed by atoms with Crippen molar-refractivity contribution in [2.24, 2.45) is 5.92 Å². The van der Waals surface area contributed by atoms with Crippen molar-refractivity contribution in [3.05, 3.63) is 83.4 Å². The van der Waals surface area contributed by atoms with E-state index in [0.29, 0.717) is 16.6 Å². The van der Waals surface area contributed by atoms with Crippen LogP contribution < -0.4 is 4.90 Å². The summed E-state index contributed by atoms with van der Waals surface area (Å²) in [5.74, 6) is -1.33. The molecule has 0 saturated carbocycles. The van der Waals surface area contributed by atoms with Crippen LogP contribution in [0.4, 0.5) is 27.6 Å². The number of hydrogen-bond acceptors (Lipinski definition) is 3. The third-order valence-electron chi connectivity index (χ3n) is 6.69. The Morgan fingerprint density at radius 3 is 2.47 bits per heavy atom. The van der Waals surface area contributed by atoms with Crippen LogP contribution in [-0.4, -0.2) is 34.6 Å². The summed E-state index contributed by atoms with van der Waals surface area (Å²) < 4.78 is 70.4. The maximum atomic E-state index is 14.4. The van der Waals surface area contributed by atoms with Crippen LogP contribution in [0.25, 0.3) is 22.2 Å². The van der Waals surface area contributed by atoms with E-state index in [0.717, 1.165) is 49.8 Å². The zero-order valence-electron chi connectivity index (χ0n) is 19.3. The van der Waals surface area contributed by atoms with Crippen LogP contribution in [0.3, 0.4) is 0 Å². The maximum absolute atomic E-state index is 14.4. The van der Waals surface area contributed by atoms with Gasteiger partial charge < -0.3 is 10.0 Å². The first kappa shape index (κ1) is 24.2. The Balaban J connectivity index is 1.59. The number of fused-ring (bicyclic) bond motifs is 1. The molecular weight excluding hydrogens is 477 g/mol. The van der Waals surface area contributed by atoms with Gasteiger partial charge in [0.15, 0.2) is 0 Å². The molecule has 1 fully saturated rings. The molecule has 5 rings (SSSR count). The summed E-state index contributed by atoms with van der Waals surface area (Å²) in [5.41, 5.74) is 0.997. The van der Waals surface area contributed by atoms with E-state index in [-0.39, 0.29) is 30.1 Å². The summed E-state index contributed by atoms with van der Waals surface area (Å²) >= 11 is 0. The Kier molecular flexibility index (Phi) is 6.42. The van der Waals surface area contributed by atoms with E-state index in [1.807, 2.05) is 24.3 Å². The van der Waals surface area contributed by atoms with E-state index in [2.05, 4.69) is 10.00 Å². The molecule has 0 aliphatic carbocycles. The first-order valence-electron chi connectivity index (χ1n) is 11.7. The lowest BCUT2D eigenvalue weighted by Gasteiger charge is -2.33. The molecule has 1 saturated heterocycles. The van der Waals surface area contributed by atoms with Crippen molar-refractivity contribution >= 4 is 16.6 Å². The highest BCUT2D eigenvalue weighted by Crippen LogP contribution is 2.38. The third kappa shape index (κ3) is 4.67. The number of aromatic nitrogens is 2. The van der Waals surface area contributed by atoms with Crippen LogP contribution in [-0.2, 0) is 12.7 Å². The molecule has 1 aliphatic rings. The molecule has 1 unspecified atom stereocenters. The van der Waals surface area contributed by atoms with Gasteiger partial charge in [0.05, 0.1) is 17.8 Å². The van der Waals surface area contributed by atoms with E-state index in [1.54, 1.807) is 6.07 Å². The molecule has 36 heavy (non-hydrogen) atoms. The normalized spacial score (nSPS) is 16.6. The van der Waals surface area contributed by atoms with Gasteiger partial charge in [0.2, 0.25) is 0 Å². The fourth-order valence-electron chi connectivity index (χ4n) is 4.89. The number of hydrogen-bond donors (Lipinski definition) is 1. The van der Waals surface area contributed by atoms with Gasteiger partial charge in [-0.05, 0) is 43.0 Å². The van der Waals surface area contributed by atoms with Gasteiger partial charge in [0.25, 0.3) is 0 Å². The van der Waals surface area contributed by atoms with Crippen molar-refractivity contribution < 1.29 is 27.1 Å². The summed E-state index contributed by atoms with van der Waals surface area (Å²) in [6, 6.07) is 14.4. The molecule has 4 nitrogen and oxygen atoms in total. The lowest BCUT2D eigenvalue weighted by atomic mass is 9.98. The van der Waals surface area contributed by atoms with E-state index >= 15 is 0 Å². The standard InChI is InChI=1S/C27H24F5N3O/c28-20-9-6-19(24(29)13-20)15-35-26(22-4-1-5-23(25(22)33-35)27(30,31)32)18-7-10-21(11-8-18)34-12-2-3-17(14-34)16-36/h1,4-11,13,17,36H,2-3,12,14-16H2. The molecule has 0 radical (unpaired) electrons. The van der Waals surface area contributed by atoms with Gasteiger partial charge in [0, 0.05) is 48.0 Å². The average Bonchev–Trinajstić information content (AvgIpc) is 3.23. The van der Waals surface area contributed by atoms with Gasteiger partial charge >= 0.3 is 6.18 Å². The average molecular weight is 501 g/mol. The van der Waals surface area contributed by atoms with Crippen molar-refractivity contribution in [2.75, 3.05) is 24.6 Å². The summed E-state index contributed by atoms with van der Waals surface area (Å²) in [4.78, 5) is 2.18. The lowest BCUT2D eigenvalue weighted by Crippen LogP contribution is -2.36. The Labute approximate surface area is 204 Å². The third-order valence-corrected chi connectivity index (χ3v) is 6.69. The zero-order valence-corrected chi connectivity index (χ0v) is 19.3. The van der Waals surface area contributed by atoms with Crippen LogP contribution >= 0.6 is 0 Å². The first-order valence-corrected chi connectivity index (χ1v) is 11.7. The molecule has 1 aromatic heterocycles. The number of benzene rings is 3. The Morgan fingerprint density at radius 1 is 1.00 bits per heavy atom. The summed E-state index contributed by atoms with van der Waals surface area (Å²) in [6.45, 7) is 1.55. The maximum Gasteiger partial charge on any atom is 0.418 e. The number of alkyl halides is 3. The SMILES string of the molecule is OCC1CCCN(c2ccc(-c3c4cccc(C(F)(F)F)c4nn3Cc3ccc(F)cc3F)cc2)C1. The van der Waals surface area contributed by atoms with Crippen molar-refractivity contribution in [1.82, 2.24) is 9.78 Å². The predicted molar refractivity (Wildman–Crippen MR) is 128 cm³/mol. The van der Waals surface area contributed by atoms with Gasteiger partial charge in [-0.2, -0.15) is 18.3 Å².